The number of carboxylic acid groups (broad SMARTS) is 1. The average Bonchev–Trinajstić information content (AvgIpc) is 2.90. The molecule has 2 aromatic carbocycles. The van der Waals surface area contributed by atoms with Gasteiger partial charge in [0.25, 0.3) is 0 Å². The number of amides is 3. The van der Waals surface area contributed by atoms with E-state index in [-0.39, 0.29) is 32.1 Å². The summed E-state index contributed by atoms with van der Waals surface area (Å²) in [6, 6.07) is 17.0. The van der Waals surface area contributed by atoms with Crippen LogP contribution in [0, 0.1) is 0 Å². The molecule has 0 radical (unpaired) electrons. The Kier molecular flexibility index (Phi) is 12.9. The molecule has 40 heavy (non-hydrogen) atoms. The van der Waals surface area contributed by atoms with E-state index in [1.807, 2.05) is 36.4 Å². The van der Waals surface area contributed by atoms with E-state index in [9.17, 15) is 24.3 Å². The number of ether oxygens (including phenoxy) is 3. The standard InChI is InChI=1S/C28H36N4O8/c1-28(2,3)40-27(37)30-22(23(33)34)16-10-11-17-29-24(31-25(35)38-18-20-12-6-4-7-13-20)32-26(36)39-19-21-14-8-5-9-15-21/h4-9,12-15,22H,10-11,16-19H2,1-3H3,(H,30,37)(H,33,34)(H2,29,31,32,35,36). The van der Waals surface area contributed by atoms with Gasteiger partial charge in [-0.2, -0.15) is 0 Å². The Hall–Kier alpha value is -4.61. The third-order valence-corrected chi connectivity index (χ3v) is 5.03. The Bertz CT molecular complexity index is 1070. The van der Waals surface area contributed by atoms with Crippen LogP contribution in [0.15, 0.2) is 65.7 Å². The first kappa shape index (κ1) is 31.6. The van der Waals surface area contributed by atoms with E-state index in [1.165, 1.54) is 0 Å². The summed E-state index contributed by atoms with van der Waals surface area (Å²) in [4.78, 5) is 52.3. The first-order chi connectivity index (χ1) is 19.0. The fraction of sp³-hybridized carbons (Fsp3) is 0.393. The highest BCUT2D eigenvalue weighted by molar-refractivity contribution is 6.01. The van der Waals surface area contributed by atoms with Gasteiger partial charge in [0.05, 0.1) is 0 Å². The topological polar surface area (TPSA) is 165 Å². The van der Waals surface area contributed by atoms with Gasteiger partial charge in [0.15, 0.2) is 0 Å². The van der Waals surface area contributed by atoms with E-state index >= 15 is 0 Å². The highest BCUT2D eigenvalue weighted by Crippen LogP contribution is 2.09. The van der Waals surface area contributed by atoms with Crippen molar-refractivity contribution >= 4 is 30.2 Å². The summed E-state index contributed by atoms with van der Waals surface area (Å²) in [6.07, 6.45) is -1.60. The third kappa shape index (κ3) is 13.8. The zero-order valence-electron chi connectivity index (χ0n) is 22.8. The minimum Gasteiger partial charge on any atom is -0.480 e. The molecule has 12 nitrogen and oxygen atoms in total. The summed E-state index contributed by atoms with van der Waals surface area (Å²) in [5, 5.41) is 16.5. The van der Waals surface area contributed by atoms with E-state index in [0.717, 1.165) is 11.1 Å². The molecule has 2 aromatic rings. The van der Waals surface area contributed by atoms with E-state index in [0.29, 0.717) is 12.8 Å². The number of carbonyl (C=O) groups is 4. The smallest absolute Gasteiger partial charge is 0.414 e. The molecule has 0 aliphatic carbocycles. The zero-order chi connectivity index (χ0) is 29.4. The van der Waals surface area contributed by atoms with E-state index in [1.54, 1.807) is 45.0 Å². The largest absolute Gasteiger partial charge is 0.480 e. The van der Waals surface area contributed by atoms with Crippen LogP contribution in [-0.4, -0.2) is 53.5 Å². The lowest BCUT2D eigenvalue weighted by molar-refractivity contribution is -0.139. The Balaban J connectivity index is 1.91. The lowest BCUT2D eigenvalue weighted by atomic mass is 10.1. The predicted octanol–water partition coefficient (Wildman–Crippen LogP) is 4.34. The molecule has 0 saturated heterocycles. The molecule has 0 aliphatic heterocycles. The van der Waals surface area contributed by atoms with Crippen molar-refractivity contribution in [1.82, 2.24) is 16.0 Å². The Morgan fingerprint density at radius 2 is 1.30 bits per heavy atom. The van der Waals surface area contributed by atoms with Crippen molar-refractivity contribution in [2.45, 2.75) is 64.9 Å². The van der Waals surface area contributed by atoms with Gasteiger partial charge in [-0.05, 0) is 51.2 Å². The number of alkyl carbamates (subject to hydrolysis) is 3. The van der Waals surface area contributed by atoms with Crippen LogP contribution in [0.5, 0.6) is 0 Å². The molecule has 4 N–H and O–H groups in total. The number of nitrogens with zero attached hydrogens (tertiary/aromatic N) is 1. The molecule has 3 amide bonds. The highest BCUT2D eigenvalue weighted by Gasteiger charge is 2.23. The number of rotatable bonds is 11. The van der Waals surface area contributed by atoms with Gasteiger partial charge in [0.1, 0.15) is 24.9 Å². The van der Waals surface area contributed by atoms with Gasteiger partial charge >= 0.3 is 24.2 Å². The maximum atomic E-state index is 12.3. The van der Waals surface area contributed by atoms with Crippen LogP contribution in [-0.2, 0) is 32.2 Å². The van der Waals surface area contributed by atoms with Crippen molar-refractivity contribution in [3.8, 4) is 0 Å². The summed E-state index contributed by atoms with van der Waals surface area (Å²) in [6.45, 7) is 5.18. The lowest BCUT2D eigenvalue weighted by Gasteiger charge is -2.22. The van der Waals surface area contributed by atoms with Gasteiger partial charge in [-0.3, -0.25) is 15.6 Å². The van der Waals surface area contributed by atoms with Gasteiger partial charge in [-0.25, -0.2) is 19.2 Å². The van der Waals surface area contributed by atoms with Crippen molar-refractivity contribution in [2.75, 3.05) is 6.54 Å². The minimum absolute atomic E-state index is 0.0135. The number of benzene rings is 2. The summed E-state index contributed by atoms with van der Waals surface area (Å²) < 4.78 is 15.5. The number of carboxylic acids is 1. The number of guanidine groups is 1. The second kappa shape index (κ2) is 16.4. The number of nitrogens with one attached hydrogen (secondary N) is 3. The molecular formula is C28H36N4O8. The van der Waals surface area contributed by atoms with Crippen molar-refractivity contribution in [3.05, 3.63) is 71.8 Å². The fourth-order valence-electron chi connectivity index (χ4n) is 3.18. The Morgan fingerprint density at radius 3 is 1.75 bits per heavy atom. The molecule has 0 spiro atoms. The summed E-state index contributed by atoms with van der Waals surface area (Å²) in [5.41, 5.74) is 0.793. The van der Waals surface area contributed by atoms with Gasteiger partial charge in [0, 0.05) is 6.54 Å². The average molecular weight is 557 g/mol. The molecule has 0 saturated carbocycles. The molecule has 0 heterocycles. The summed E-state index contributed by atoms with van der Waals surface area (Å²) >= 11 is 0. The van der Waals surface area contributed by atoms with Crippen LogP contribution in [0.4, 0.5) is 14.4 Å². The van der Waals surface area contributed by atoms with Crippen molar-refractivity contribution in [2.24, 2.45) is 4.99 Å². The molecule has 0 aromatic heterocycles. The van der Waals surface area contributed by atoms with Crippen LogP contribution >= 0.6 is 0 Å². The minimum atomic E-state index is -1.19. The fourth-order valence-corrected chi connectivity index (χ4v) is 3.18. The van der Waals surface area contributed by atoms with Crippen LogP contribution in [0.3, 0.4) is 0 Å². The Labute approximate surface area is 233 Å². The maximum absolute atomic E-state index is 12.3. The second-order valence-corrected chi connectivity index (χ2v) is 9.64. The SMILES string of the molecule is CC(C)(C)OC(=O)NC(CCCCN=C(NC(=O)OCc1ccccc1)NC(=O)OCc1ccccc1)C(=O)O. The first-order valence-electron chi connectivity index (χ1n) is 12.7. The Morgan fingerprint density at radius 1 is 0.800 bits per heavy atom. The number of hydrogen-bond donors (Lipinski definition) is 4. The van der Waals surface area contributed by atoms with Gasteiger partial charge < -0.3 is 24.6 Å². The number of carbonyl (C=O) groups excluding carboxylic acids is 3. The molecule has 0 bridgehead atoms. The van der Waals surface area contributed by atoms with Crippen molar-refractivity contribution < 1.29 is 38.5 Å². The molecule has 12 heteroatoms. The van der Waals surface area contributed by atoms with Gasteiger partial charge in [-0.15, -0.1) is 0 Å². The lowest BCUT2D eigenvalue weighted by Crippen LogP contribution is -2.44. The second-order valence-electron chi connectivity index (χ2n) is 9.64. The molecular weight excluding hydrogens is 520 g/mol. The third-order valence-electron chi connectivity index (χ3n) is 5.03. The van der Waals surface area contributed by atoms with E-state index in [2.05, 4.69) is 20.9 Å². The monoisotopic (exact) mass is 556 g/mol. The van der Waals surface area contributed by atoms with Gasteiger partial charge in [-0.1, -0.05) is 60.7 Å². The van der Waals surface area contributed by atoms with Crippen molar-refractivity contribution in [1.29, 1.82) is 0 Å². The van der Waals surface area contributed by atoms with Crippen LogP contribution in [0.2, 0.25) is 0 Å². The number of aliphatic imine (C=N–C) groups is 1. The number of unbranched alkanes of at least 4 members (excludes halogenated alkanes) is 1. The number of aliphatic carboxylic acids is 1. The highest BCUT2D eigenvalue weighted by atomic mass is 16.6. The van der Waals surface area contributed by atoms with Crippen molar-refractivity contribution in [3.63, 3.8) is 0 Å². The molecule has 0 aliphatic rings. The molecule has 1 atom stereocenters. The van der Waals surface area contributed by atoms with Gasteiger partial charge in [0.2, 0.25) is 5.96 Å². The molecule has 216 valence electrons. The molecule has 2 rings (SSSR count). The predicted molar refractivity (Wildman–Crippen MR) is 146 cm³/mol. The molecule has 0 fully saturated rings. The summed E-state index contributed by atoms with van der Waals surface area (Å²) in [7, 11) is 0. The first-order valence-corrected chi connectivity index (χ1v) is 12.7. The van der Waals surface area contributed by atoms with E-state index in [4.69, 9.17) is 14.2 Å². The summed E-state index contributed by atoms with van der Waals surface area (Å²) in [5.74, 6) is -1.38. The van der Waals surface area contributed by atoms with Crippen LogP contribution in [0.25, 0.3) is 0 Å². The maximum Gasteiger partial charge on any atom is 0.414 e. The quantitative estimate of drug-likeness (QED) is 0.137. The zero-order valence-corrected chi connectivity index (χ0v) is 22.8. The normalized spacial score (nSPS) is 11.4. The van der Waals surface area contributed by atoms with Crippen LogP contribution < -0.4 is 16.0 Å². The molecule has 1 unspecified atom stereocenters. The number of hydrogen-bond acceptors (Lipinski definition) is 8. The van der Waals surface area contributed by atoms with Crippen LogP contribution in [0.1, 0.15) is 51.2 Å². The van der Waals surface area contributed by atoms with E-state index < -0.39 is 35.9 Å².